The van der Waals surface area contributed by atoms with Gasteiger partial charge in [-0.25, -0.2) is 9.67 Å². The van der Waals surface area contributed by atoms with Crippen LogP contribution in [0.15, 0.2) is 35.1 Å². The van der Waals surface area contributed by atoms with E-state index in [1.54, 1.807) is 4.68 Å². The van der Waals surface area contributed by atoms with Gasteiger partial charge in [-0.3, -0.25) is 9.59 Å². The van der Waals surface area contributed by atoms with E-state index in [1.807, 2.05) is 35.2 Å². The van der Waals surface area contributed by atoms with Gasteiger partial charge in [0.25, 0.3) is 5.56 Å². The summed E-state index contributed by atoms with van der Waals surface area (Å²) in [5, 5.41) is 8.15. The van der Waals surface area contributed by atoms with Gasteiger partial charge >= 0.3 is 0 Å². The highest BCUT2D eigenvalue weighted by atomic mass is 16.2. The maximum atomic E-state index is 12.5. The molecule has 8 nitrogen and oxygen atoms in total. The number of hydrogen-bond donors (Lipinski definition) is 1. The van der Waals surface area contributed by atoms with Gasteiger partial charge < -0.3 is 9.88 Å². The average molecular weight is 378 g/mol. The number of carbonyl (C=O) groups excluding carboxylic acids is 1. The van der Waals surface area contributed by atoms with Crippen molar-refractivity contribution in [3.8, 4) is 0 Å². The van der Waals surface area contributed by atoms with E-state index in [1.165, 1.54) is 0 Å². The Hall–Kier alpha value is -3.03. The normalized spacial score (nSPS) is 19.9. The Kier molecular flexibility index (Phi) is 4.18. The van der Waals surface area contributed by atoms with Crippen LogP contribution < -0.4 is 5.56 Å². The summed E-state index contributed by atoms with van der Waals surface area (Å²) in [6.45, 7) is 1.92. The molecule has 2 aromatic heterocycles. The minimum atomic E-state index is -0.273. The lowest BCUT2D eigenvalue weighted by atomic mass is 9.96. The van der Waals surface area contributed by atoms with Crippen LogP contribution in [0.5, 0.6) is 0 Å². The molecule has 2 fully saturated rings. The fraction of sp³-hybridized carbons (Fsp3) is 0.450. The molecule has 1 saturated carbocycles. The molecule has 3 heterocycles. The second-order valence-corrected chi connectivity index (χ2v) is 7.75. The second kappa shape index (κ2) is 6.85. The Morgan fingerprint density at radius 3 is 2.79 bits per heavy atom. The molecule has 1 amide bonds. The summed E-state index contributed by atoms with van der Waals surface area (Å²) in [6.07, 6.45) is 3.84. The molecule has 144 valence electrons. The molecule has 0 radical (unpaired) electrons. The average Bonchev–Trinajstić information content (AvgIpc) is 3.50. The van der Waals surface area contributed by atoms with E-state index in [9.17, 15) is 9.59 Å². The number of benzene rings is 1. The van der Waals surface area contributed by atoms with Crippen molar-refractivity contribution in [2.24, 2.45) is 5.92 Å². The third kappa shape index (κ3) is 3.19. The van der Waals surface area contributed by atoms with Crippen molar-refractivity contribution < 1.29 is 4.79 Å². The molecule has 0 bridgehead atoms. The van der Waals surface area contributed by atoms with Crippen molar-refractivity contribution in [3.63, 3.8) is 0 Å². The zero-order valence-electron chi connectivity index (χ0n) is 15.5. The summed E-state index contributed by atoms with van der Waals surface area (Å²) in [5.74, 6) is 1.13. The maximum absolute atomic E-state index is 12.5. The quantitative estimate of drug-likeness (QED) is 0.745. The van der Waals surface area contributed by atoms with Gasteiger partial charge in [-0.05, 0) is 31.2 Å². The van der Waals surface area contributed by atoms with Crippen LogP contribution in [0.2, 0.25) is 0 Å². The van der Waals surface area contributed by atoms with Gasteiger partial charge in [0.05, 0.1) is 6.54 Å². The lowest BCUT2D eigenvalue weighted by Crippen LogP contribution is -2.40. The molecule has 1 aromatic carbocycles. The third-order valence-corrected chi connectivity index (χ3v) is 5.61. The Balaban J connectivity index is 1.45. The molecule has 3 aromatic rings. The van der Waals surface area contributed by atoms with E-state index in [-0.39, 0.29) is 28.8 Å². The summed E-state index contributed by atoms with van der Waals surface area (Å²) >= 11 is 0. The summed E-state index contributed by atoms with van der Waals surface area (Å²) in [5.41, 5.74) is 1.54. The third-order valence-electron chi connectivity index (χ3n) is 5.61. The van der Waals surface area contributed by atoms with Gasteiger partial charge in [-0.1, -0.05) is 35.5 Å². The van der Waals surface area contributed by atoms with Gasteiger partial charge in [0.15, 0.2) is 11.2 Å². The fourth-order valence-electron chi connectivity index (χ4n) is 3.93. The highest BCUT2D eigenvalue weighted by Crippen LogP contribution is 2.33. The first-order valence-corrected chi connectivity index (χ1v) is 9.85. The number of nitrogens with one attached hydrogen (secondary N) is 1. The second-order valence-electron chi connectivity index (χ2n) is 7.75. The molecule has 1 aliphatic heterocycles. The number of fused-ring (bicyclic) bond motifs is 1. The Labute approximate surface area is 161 Å². The molecular weight excluding hydrogens is 356 g/mol. The highest BCUT2D eigenvalue weighted by molar-refractivity contribution is 5.81. The predicted molar refractivity (Wildman–Crippen MR) is 103 cm³/mol. The molecule has 2 aliphatic rings. The number of amides is 1. The van der Waals surface area contributed by atoms with Crippen molar-refractivity contribution in [1.82, 2.24) is 29.9 Å². The van der Waals surface area contributed by atoms with Crippen molar-refractivity contribution in [2.45, 2.75) is 38.1 Å². The molecule has 1 atom stereocenters. The summed E-state index contributed by atoms with van der Waals surface area (Å²) in [4.78, 5) is 34.5. The van der Waals surface area contributed by atoms with Crippen molar-refractivity contribution in [2.75, 3.05) is 13.1 Å². The number of piperidine rings is 1. The van der Waals surface area contributed by atoms with Crippen LogP contribution in [-0.2, 0) is 11.3 Å². The molecular formula is C20H22N6O2. The number of likely N-dealkylation sites (tertiary alicyclic amines) is 1. The standard InChI is InChI=1S/C20H22N6O2/c27-19-16-18(26(24-23-16)11-13-5-2-1-3-6-13)21-17(22-19)15-7-4-10-25(12-15)20(28)14-8-9-14/h1-3,5-6,14-15H,4,7-12H2,(H,21,22,27). The van der Waals surface area contributed by atoms with E-state index in [0.29, 0.717) is 24.6 Å². The van der Waals surface area contributed by atoms with Crippen LogP contribution >= 0.6 is 0 Å². The monoisotopic (exact) mass is 378 g/mol. The number of rotatable bonds is 4. The molecule has 8 heteroatoms. The van der Waals surface area contributed by atoms with Crippen molar-refractivity contribution in [3.05, 3.63) is 52.1 Å². The van der Waals surface area contributed by atoms with Gasteiger partial charge in [0.2, 0.25) is 5.91 Å². The zero-order valence-corrected chi connectivity index (χ0v) is 15.5. The van der Waals surface area contributed by atoms with Crippen LogP contribution in [0.3, 0.4) is 0 Å². The first-order valence-electron chi connectivity index (χ1n) is 9.85. The number of hydrogen-bond acceptors (Lipinski definition) is 5. The fourth-order valence-corrected chi connectivity index (χ4v) is 3.93. The van der Waals surface area contributed by atoms with Gasteiger partial charge in [0, 0.05) is 24.9 Å². The van der Waals surface area contributed by atoms with Crippen LogP contribution in [0, 0.1) is 5.92 Å². The van der Waals surface area contributed by atoms with Gasteiger partial charge in [-0.15, -0.1) is 5.10 Å². The van der Waals surface area contributed by atoms with Gasteiger partial charge in [-0.2, -0.15) is 0 Å². The first kappa shape index (κ1) is 17.1. The highest BCUT2D eigenvalue weighted by Gasteiger charge is 2.36. The van der Waals surface area contributed by atoms with Gasteiger partial charge in [0.1, 0.15) is 5.82 Å². The lowest BCUT2D eigenvalue weighted by Gasteiger charge is -2.32. The number of aromatic amines is 1. The van der Waals surface area contributed by atoms with Crippen LogP contribution in [0.4, 0.5) is 0 Å². The van der Waals surface area contributed by atoms with E-state index in [2.05, 4.69) is 15.3 Å². The van der Waals surface area contributed by atoms with E-state index in [4.69, 9.17) is 4.98 Å². The van der Waals surface area contributed by atoms with Crippen LogP contribution in [0.1, 0.15) is 43.0 Å². The maximum Gasteiger partial charge on any atom is 0.281 e. The molecule has 5 rings (SSSR count). The SMILES string of the molecule is O=C(C1CC1)N1CCCC(c2nc3c(nnn3Cc3ccccc3)c(=O)[nH]2)C1. The van der Waals surface area contributed by atoms with E-state index >= 15 is 0 Å². The summed E-state index contributed by atoms with van der Waals surface area (Å²) < 4.78 is 1.67. The number of carbonyl (C=O) groups is 1. The van der Waals surface area contributed by atoms with Crippen molar-refractivity contribution in [1.29, 1.82) is 0 Å². The van der Waals surface area contributed by atoms with Crippen molar-refractivity contribution >= 4 is 17.1 Å². The molecule has 28 heavy (non-hydrogen) atoms. The predicted octanol–water partition coefficient (Wildman–Crippen LogP) is 1.68. The first-order chi connectivity index (χ1) is 13.7. The van der Waals surface area contributed by atoms with E-state index in [0.717, 1.165) is 37.8 Å². The number of aromatic nitrogens is 5. The van der Waals surface area contributed by atoms with Crippen LogP contribution in [0.25, 0.3) is 11.2 Å². The Morgan fingerprint density at radius 2 is 2.00 bits per heavy atom. The smallest absolute Gasteiger partial charge is 0.281 e. The minimum absolute atomic E-state index is 0.0358. The summed E-state index contributed by atoms with van der Waals surface area (Å²) in [7, 11) is 0. The molecule has 0 spiro atoms. The summed E-state index contributed by atoms with van der Waals surface area (Å²) in [6, 6.07) is 9.90. The molecule has 1 unspecified atom stereocenters. The molecule has 1 N–H and O–H groups in total. The molecule has 1 aliphatic carbocycles. The number of nitrogens with zero attached hydrogens (tertiary/aromatic N) is 5. The molecule has 1 saturated heterocycles. The minimum Gasteiger partial charge on any atom is -0.342 e. The Morgan fingerprint density at radius 1 is 1.18 bits per heavy atom. The largest absolute Gasteiger partial charge is 0.342 e. The number of H-pyrrole nitrogens is 1. The topological polar surface area (TPSA) is 96.8 Å². The zero-order chi connectivity index (χ0) is 19.1. The Bertz CT molecular complexity index is 1070. The lowest BCUT2D eigenvalue weighted by molar-refractivity contribution is -0.133. The van der Waals surface area contributed by atoms with E-state index < -0.39 is 0 Å². The van der Waals surface area contributed by atoms with Crippen LogP contribution in [-0.4, -0.2) is 48.9 Å².